The van der Waals surface area contributed by atoms with Crippen LogP contribution in [0.3, 0.4) is 0 Å². The Morgan fingerprint density at radius 3 is 2.65 bits per heavy atom. The molecule has 2 heteroatoms. The molecule has 0 spiro atoms. The summed E-state index contributed by atoms with van der Waals surface area (Å²) in [5.41, 5.74) is 9.79. The van der Waals surface area contributed by atoms with Gasteiger partial charge in [0.15, 0.2) is 0 Å². The number of nitrogens with two attached hydrogens (primary N) is 1. The summed E-state index contributed by atoms with van der Waals surface area (Å²) in [6.45, 7) is 2.19. The van der Waals surface area contributed by atoms with Crippen molar-refractivity contribution in [1.29, 1.82) is 0 Å². The highest BCUT2D eigenvalue weighted by Crippen LogP contribution is 2.72. The number of hydrogen-bond donors (Lipinski definition) is 1. The van der Waals surface area contributed by atoms with Crippen molar-refractivity contribution in [1.82, 2.24) is 0 Å². The summed E-state index contributed by atoms with van der Waals surface area (Å²) in [6, 6.07) is 11.0. The van der Waals surface area contributed by atoms with Gasteiger partial charge in [-0.25, -0.2) is 0 Å². The fraction of sp³-hybridized carbons (Fsp3) is 0.500. The first-order valence-corrected chi connectivity index (χ1v) is 8.04. The van der Waals surface area contributed by atoms with Gasteiger partial charge in [0.2, 0.25) is 0 Å². The van der Waals surface area contributed by atoms with Gasteiger partial charge in [-0.3, -0.25) is 0 Å². The number of allylic oxidation sites excluding steroid dienone is 2. The van der Waals surface area contributed by atoms with E-state index in [9.17, 15) is 0 Å². The van der Waals surface area contributed by atoms with Crippen molar-refractivity contribution in [3.63, 3.8) is 0 Å². The van der Waals surface area contributed by atoms with Crippen LogP contribution in [0.5, 0.6) is 0 Å². The molecule has 0 radical (unpaired) electrons. The monoisotopic (exact) mass is 283 g/mol. The van der Waals surface area contributed by atoms with Crippen LogP contribution < -0.4 is 5.73 Å². The molecule has 104 valence electrons. The SMILES string of the molecule is C/C=C1/C2CC3(c4ccccc4)CC1C(C(N)=S)(C2)C3. The zero-order valence-electron chi connectivity index (χ0n) is 11.9. The van der Waals surface area contributed by atoms with Crippen molar-refractivity contribution in [2.45, 2.75) is 38.0 Å². The van der Waals surface area contributed by atoms with Crippen molar-refractivity contribution in [2.24, 2.45) is 23.0 Å². The lowest BCUT2D eigenvalue weighted by atomic mass is 9.63. The summed E-state index contributed by atoms with van der Waals surface area (Å²) < 4.78 is 0. The van der Waals surface area contributed by atoms with Gasteiger partial charge in [0.05, 0.1) is 4.99 Å². The number of rotatable bonds is 2. The van der Waals surface area contributed by atoms with Gasteiger partial charge < -0.3 is 5.73 Å². The lowest BCUT2D eigenvalue weighted by Crippen LogP contribution is -2.40. The highest BCUT2D eigenvalue weighted by atomic mass is 32.1. The zero-order valence-corrected chi connectivity index (χ0v) is 12.7. The number of hydrogen-bond acceptors (Lipinski definition) is 1. The lowest BCUT2D eigenvalue weighted by Gasteiger charge is -2.41. The molecule has 1 aromatic carbocycles. The number of thiocarbonyl (C=S) groups is 1. The minimum atomic E-state index is 0.107. The summed E-state index contributed by atoms with van der Waals surface area (Å²) in [5.74, 6) is 1.30. The molecule has 0 aromatic heterocycles. The second-order valence-corrected chi connectivity index (χ2v) is 7.43. The van der Waals surface area contributed by atoms with Crippen LogP contribution in [0, 0.1) is 17.3 Å². The van der Waals surface area contributed by atoms with Gasteiger partial charge in [0.25, 0.3) is 0 Å². The zero-order chi connectivity index (χ0) is 14.0. The molecule has 0 saturated heterocycles. The maximum atomic E-state index is 6.21. The Balaban J connectivity index is 1.85. The van der Waals surface area contributed by atoms with Crippen LogP contribution in [0.25, 0.3) is 0 Å². The Morgan fingerprint density at radius 2 is 2.00 bits per heavy atom. The van der Waals surface area contributed by atoms with Gasteiger partial charge in [-0.1, -0.05) is 54.2 Å². The van der Waals surface area contributed by atoms with Crippen LogP contribution >= 0.6 is 12.2 Å². The molecule has 0 heterocycles. The molecule has 4 bridgehead atoms. The molecule has 0 aliphatic heterocycles. The van der Waals surface area contributed by atoms with Crippen molar-refractivity contribution in [3.05, 3.63) is 47.5 Å². The van der Waals surface area contributed by atoms with Crippen LogP contribution in [0.2, 0.25) is 0 Å². The Hall–Kier alpha value is -1.15. The van der Waals surface area contributed by atoms with Gasteiger partial charge in [-0.2, -0.15) is 0 Å². The van der Waals surface area contributed by atoms with E-state index in [1.165, 1.54) is 24.8 Å². The van der Waals surface area contributed by atoms with Crippen LogP contribution in [0.1, 0.15) is 38.2 Å². The Bertz CT molecular complexity index is 605. The molecule has 1 aromatic rings. The first kappa shape index (κ1) is 12.6. The molecule has 1 nitrogen and oxygen atoms in total. The molecule has 4 aliphatic carbocycles. The third kappa shape index (κ3) is 1.36. The molecule has 4 fully saturated rings. The van der Waals surface area contributed by atoms with E-state index in [-0.39, 0.29) is 5.41 Å². The van der Waals surface area contributed by atoms with Gasteiger partial charge in [0.1, 0.15) is 0 Å². The molecular weight excluding hydrogens is 262 g/mol. The van der Waals surface area contributed by atoms with Crippen molar-refractivity contribution in [2.75, 3.05) is 0 Å². The van der Waals surface area contributed by atoms with Crippen molar-refractivity contribution in [3.8, 4) is 0 Å². The lowest BCUT2D eigenvalue weighted by molar-refractivity contribution is 0.238. The molecule has 4 saturated carbocycles. The Kier molecular flexibility index (Phi) is 2.48. The molecule has 4 atom stereocenters. The third-order valence-corrected chi connectivity index (χ3v) is 6.65. The Labute approximate surface area is 126 Å². The van der Waals surface area contributed by atoms with E-state index in [1.807, 2.05) is 0 Å². The summed E-state index contributed by atoms with van der Waals surface area (Å²) >= 11 is 5.51. The predicted molar refractivity (Wildman–Crippen MR) is 86.5 cm³/mol. The summed E-state index contributed by atoms with van der Waals surface area (Å²) in [5, 5.41) is 0. The summed E-state index contributed by atoms with van der Waals surface area (Å²) in [6.07, 6.45) is 7.23. The second-order valence-electron chi connectivity index (χ2n) is 6.99. The van der Waals surface area contributed by atoms with Gasteiger partial charge in [-0.05, 0) is 55.4 Å². The molecule has 20 heavy (non-hydrogen) atoms. The van der Waals surface area contributed by atoms with Gasteiger partial charge in [0, 0.05) is 5.41 Å². The van der Waals surface area contributed by atoms with Gasteiger partial charge in [-0.15, -0.1) is 0 Å². The molecule has 2 N–H and O–H groups in total. The summed E-state index contributed by atoms with van der Waals surface area (Å²) in [7, 11) is 0. The summed E-state index contributed by atoms with van der Waals surface area (Å²) in [4.78, 5) is 0.766. The molecule has 4 unspecified atom stereocenters. The largest absolute Gasteiger partial charge is 0.393 e. The minimum absolute atomic E-state index is 0.107. The average Bonchev–Trinajstić information content (AvgIpc) is 2.83. The van der Waals surface area contributed by atoms with Crippen LogP contribution in [-0.4, -0.2) is 4.99 Å². The van der Waals surface area contributed by atoms with Crippen LogP contribution in [0.4, 0.5) is 0 Å². The van der Waals surface area contributed by atoms with E-state index in [2.05, 4.69) is 43.3 Å². The molecule has 0 amide bonds. The first-order chi connectivity index (χ1) is 9.61. The van der Waals surface area contributed by atoms with E-state index < -0.39 is 0 Å². The second kappa shape index (κ2) is 3.94. The fourth-order valence-electron chi connectivity index (χ4n) is 5.62. The van der Waals surface area contributed by atoms with E-state index >= 15 is 0 Å². The highest BCUT2D eigenvalue weighted by molar-refractivity contribution is 7.80. The maximum Gasteiger partial charge on any atom is 0.0796 e. The van der Waals surface area contributed by atoms with E-state index in [4.69, 9.17) is 18.0 Å². The Morgan fingerprint density at radius 1 is 1.25 bits per heavy atom. The number of benzene rings is 1. The van der Waals surface area contributed by atoms with Crippen LogP contribution in [-0.2, 0) is 5.41 Å². The highest BCUT2D eigenvalue weighted by Gasteiger charge is 2.67. The van der Waals surface area contributed by atoms with Crippen molar-refractivity contribution >= 4 is 17.2 Å². The predicted octanol–water partition coefficient (Wildman–Crippen LogP) is 3.98. The van der Waals surface area contributed by atoms with E-state index in [0.29, 0.717) is 17.3 Å². The minimum Gasteiger partial charge on any atom is -0.393 e. The van der Waals surface area contributed by atoms with E-state index in [0.717, 1.165) is 11.4 Å². The van der Waals surface area contributed by atoms with Crippen LogP contribution in [0.15, 0.2) is 42.0 Å². The van der Waals surface area contributed by atoms with E-state index in [1.54, 1.807) is 5.57 Å². The average molecular weight is 283 g/mol. The molecular formula is C18H21NS. The fourth-order valence-corrected chi connectivity index (χ4v) is 5.92. The smallest absolute Gasteiger partial charge is 0.0796 e. The third-order valence-electron chi connectivity index (χ3n) is 6.25. The molecule has 5 rings (SSSR count). The quantitative estimate of drug-likeness (QED) is 0.656. The molecule has 4 aliphatic rings. The van der Waals surface area contributed by atoms with Crippen molar-refractivity contribution < 1.29 is 0 Å². The first-order valence-electron chi connectivity index (χ1n) is 7.63. The maximum absolute atomic E-state index is 6.21. The normalized spacial score (nSPS) is 43.4. The standard InChI is InChI=1S/C18H21NS/c1-2-14-12-8-17(13-6-4-3-5-7-13)10-15(14)18(9-12,11-17)16(19)20/h2-7,12,15H,8-11H2,1H3,(H2,19,20)/b14-2-. The topological polar surface area (TPSA) is 26.0 Å². The van der Waals surface area contributed by atoms with Gasteiger partial charge >= 0.3 is 0 Å².